The topological polar surface area (TPSA) is 73.3 Å². The predicted octanol–water partition coefficient (Wildman–Crippen LogP) is 2.24. The molecule has 0 aromatic carbocycles. The van der Waals surface area contributed by atoms with Crippen molar-refractivity contribution in [2.24, 2.45) is 0 Å². The van der Waals surface area contributed by atoms with E-state index in [2.05, 4.69) is 11.9 Å². The molecule has 3 aromatic heterocycles. The lowest BCUT2D eigenvalue weighted by Gasteiger charge is -2.33. The van der Waals surface area contributed by atoms with Gasteiger partial charge in [0.1, 0.15) is 12.3 Å². The van der Waals surface area contributed by atoms with Crippen LogP contribution in [-0.4, -0.2) is 37.5 Å². The van der Waals surface area contributed by atoms with E-state index in [4.69, 9.17) is 4.42 Å². The Hall–Kier alpha value is -2.83. The van der Waals surface area contributed by atoms with Crippen molar-refractivity contribution >= 4 is 17.1 Å². The highest BCUT2D eigenvalue weighted by Crippen LogP contribution is 2.18. The molecule has 1 aliphatic rings. The van der Waals surface area contributed by atoms with Crippen LogP contribution in [0.15, 0.2) is 45.9 Å². The van der Waals surface area contributed by atoms with Crippen molar-refractivity contribution in [2.75, 3.05) is 6.54 Å². The van der Waals surface area contributed by atoms with E-state index in [0.29, 0.717) is 23.5 Å². The lowest BCUT2D eigenvalue weighted by Crippen LogP contribution is -2.44. The average Bonchev–Trinajstić information content (AvgIpc) is 3.25. The van der Waals surface area contributed by atoms with Crippen LogP contribution in [0.5, 0.6) is 0 Å². The molecule has 136 valence electrons. The molecule has 0 spiro atoms. The highest BCUT2D eigenvalue weighted by Gasteiger charge is 2.25. The molecule has 1 fully saturated rings. The number of furan rings is 1. The fourth-order valence-corrected chi connectivity index (χ4v) is 3.69. The molecular formula is C19H22N4O3. The van der Waals surface area contributed by atoms with Gasteiger partial charge in [-0.2, -0.15) is 0 Å². The van der Waals surface area contributed by atoms with Crippen molar-refractivity contribution in [3.05, 3.63) is 53.0 Å². The van der Waals surface area contributed by atoms with E-state index in [1.807, 2.05) is 17.0 Å². The molecule has 1 amide bonds. The van der Waals surface area contributed by atoms with Crippen LogP contribution in [-0.2, 0) is 17.9 Å². The van der Waals surface area contributed by atoms with Crippen molar-refractivity contribution in [1.82, 2.24) is 19.0 Å². The van der Waals surface area contributed by atoms with Gasteiger partial charge < -0.3 is 9.32 Å². The van der Waals surface area contributed by atoms with Crippen LogP contribution < -0.4 is 5.69 Å². The molecule has 0 radical (unpaired) electrons. The lowest BCUT2D eigenvalue weighted by atomic mass is 10.0. The number of aromatic nitrogens is 3. The molecule has 0 bridgehead atoms. The molecule has 1 saturated heterocycles. The second-order valence-corrected chi connectivity index (χ2v) is 6.81. The molecule has 1 atom stereocenters. The number of carbonyl (C=O) groups is 1. The van der Waals surface area contributed by atoms with Gasteiger partial charge in [0.05, 0.1) is 18.3 Å². The van der Waals surface area contributed by atoms with Crippen LogP contribution in [0, 0.1) is 0 Å². The monoisotopic (exact) mass is 354 g/mol. The minimum atomic E-state index is -0.242. The van der Waals surface area contributed by atoms with Crippen LogP contribution in [0.3, 0.4) is 0 Å². The Morgan fingerprint density at radius 3 is 2.92 bits per heavy atom. The summed E-state index contributed by atoms with van der Waals surface area (Å²) in [5.74, 6) is 0.660. The molecule has 26 heavy (non-hydrogen) atoms. The first kappa shape index (κ1) is 16.6. The molecule has 7 nitrogen and oxygen atoms in total. The summed E-state index contributed by atoms with van der Waals surface area (Å²) in [5, 5.41) is 0. The maximum atomic E-state index is 13.0. The zero-order chi connectivity index (χ0) is 18.1. The summed E-state index contributed by atoms with van der Waals surface area (Å²) < 4.78 is 8.45. The number of imidazole rings is 1. The fraction of sp³-hybridized carbons (Fsp3) is 0.421. The third kappa shape index (κ3) is 2.94. The van der Waals surface area contributed by atoms with Crippen molar-refractivity contribution in [2.45, 2.75) is 45.3 Å². The minimum absolute atomic E-state index is 0.0137. The molecule has 0 saturated carbocycles. The summed E-state index contributed by atoms with van der Waals surface area (Å²) >= 11 is 0. The SMILES string of the molecule is C[C@@H]1CCCCN1C(=O)Cn1c(=O)n(Cc2ccco2)c2ncccc21. The number of amides is 1. The predicted molar refractivity (Wildman–Crippen MR) is 96.8 cm³/mol. The Bertz CT molecular complexity index is 970. The van der Waals surface area contributed by atoms with Crippen molar-refractivity contribution in [3.63, 3.8) is 0 Å². The number of carbonyl (C=O) groups excluding carboxylic acids is 1. The lowest BCUT2D eigenvalue weighted by molar-refractivity contribution is -0.135. The second-order valence-electron chi connectivity index (χ2n) is 6.81. The first-order chi connectivity index (χ1) is 12.6. The van der Waals surface area contributed by atoms with Gasteiger partial charge in [0, 0.05) is 18.8 Å². The second kappa shape index (κ2) is 6.82. The standard InChI is InChI=1S/C19H22N4O3/c1-14-6-2-3-10-21(14)17(24)13-22-16-8-4-9-20-18(16)23(19(22)25)12-15-7-5-11-26-15/h4-5,7-9,11,14H,2-3,6,10,12-13H2,1H3/t14-/m1/s1. The number of rotatable bonds is 4. The number of hydrogen-bond donors (Lipinski definition) is 0. The van der Waals surface area contributed by atoms with E-state index in [1.165, 1.54) is 4.57 Å². The number of piperidine rings is 1. The largest absolute Gasteiger partial charge is 0.467 e. The smallest absolute Gasteiger partial charge is 0.331 e. The Morgan fingerprint density at radius 2 is 2.15 bits per heavy atom. The van der Waals surface area contributed by atoms with E-state index in [0.717, 1.165) is 25.8 Å². The van der Waals surface area contributed by atoms with Crippen molar-refractivity contribution in [1.29, 1.82) is 0 Å². The van der Waals surface area contributed by atoms with Crippen LogP contribution in [0.2, 0.25) is 0 Å². The van der Waals surface area contributed by atoms with Gasteiger partial charge in [0.15, 0.2) is 5.65 Å². The normalized spacial score (nSPS) is 17.7. The molecule has 1 aliphatic heterocycles. The number of pyridine rings is 1. The summed E-state index contributed by atoms with van der Waals surface area (Å²) in [7, 11) is 0. The number of fused-ring (bicyclic) bond motifs is 1. The van der Waals surface area contributed by atoms with Crippen LogP contribution in [0.1, 0.15) is 31.9 Å². The van der Waals surface area contributed by atoms with E-state index in [1.54, 1.807) is 29.2 Å². The van der Waals surface area contributed by atoms with Crippen LogP contribution in [0.25, 0.3) is 11.2 Å². The van der Waals surface area contributed by atoms with E-state index in [9.17, 15) is 9.59 Å². The third-order valence-corrected chi connectivity index (χ3v) is 5.09. The molecule has 4 heterocycles. The molecule has 0 unspecified atom stereocenters. The highest BCUT2D eigenvalue weighted by atomic mass is 16.3. The van der Waals surface area contributed by atoms with E-state index < -0.39 is 0 Å². The van der Waals surface area contributed by atoms with E-state index >= 15 is 0 Å². The zero-order valence-corrected chi connectivity index (χ0v) is 14.8. The van der Waals surface area contributed by atoms with Gasteiger partial charge in [-0.15, -0.1) is 0 Å². The van der Waals surface area contributed by atoms with Gasteiger partial charge in [0.25, 0.3) is 0 Å². The fourth-order valence-electron chi connectivity index (χ4n) is 3.69. The maximum absolute atomic E-state index is 13.0. The molecule has 7 heteroatoms. The third-order valence-electron chi connectivity index (χ3n) is 5.09. The number of hydrogen-bond acceptors (Lipinski definition) is 4. The van der Waals surface area contributed by atoms with Gasteiger partial charge in [-0.05, 0) is 50.5 Å². The average molecular weight is 354 g/mol. The van der Waals surface area contributed by atoms with E-state index in [-0.39, 0.29) is 24.2 Å². The van der Waals surface area contributed by atoms with Gasteiger partial charge in [0.2, 0.25) is 5.91 Å². The maximum Gasteiger partial charge on any atom is 0.331 e. The van der Waals surface area contributed by atoms with Gasteiger partial charge >= 0.3 is 5.69 Å². The molecule has 0 N–H and O–H groups in total. The summed E-state index contributed by atoms with van der Waals surface area (Å²) in [5.41, 5.74) is 0.989. The van der Waals surface area contributed by atoms with Gasteiger partial charge in [-0.25, -0.2) is 9.78 Å². The molecule has 4 rings (SSSR count). The summed E-state index contributed by atoms with van der Waals surface area (Å²) in [6.07, 6.45) is 6.42. The Morgan fingerprint density at radius 1 is 1.27 bits per heavy atom. The Balaban J connectivity index is 1.70. The molecule has 0 aliphatic carbocycles. The van der Waals surface area contributed by atoms with Crippen LogP contribution in [0.4, 0.5) is 0 Å². The number of likely N-dealkylation sites (tertiary alicyclic amines) is 1. The van der Waals surface area contributed by atoms with Crippen molar-refractivity contribution < 1.29 is 9.21 Å². The molecular weight excluding hydrogens is 332 g/mol. The first-order valence-electron chi connectivity index (χ1n) is 9.01. The van der Waals surface area contributed by atoms with Crippen LogP contribution >= 0.6 is 0 Å². The Labute approximate surface area is 150 Å². The minimum Gasteiger partial charge on any atom is -0.467 e. The highest BCUT2D eigenvalue weighted by molar-refractivity contribution is 5.79. The van der Waals surface area contributed by atoms with Crippen molar-refractivity contribution in [3.8, 4) is 0 Å². The summed E-state index contributed by atoms with van der Waals surface area (Å²) in [6, 6.07) is 7.44. The summed E-state index contributed by atoms with van der Waals surface area (Å²) in [4.78, 5) is 32.1. The molecule has 3 aromatic rings. The van der Waals surface area contributed by atoms with Gasteiger partial charge in [-0.3, -0.25) is 13.9 Å². The Kier molecular flexibility index (Phi) is 4.36. The first-order valence-corrected chi connectivity index (χ1v) is 9.01. The quantitative estimate of drug-likeness (QED) is 0.720. The zero-order valence-electron chi connectivity index (χ0n) is 14.8. The number of nitrogens with zero attached hydrogens (tertiary/aromatic N) is 4. The van der Waals surface area contributed by atoms with Gasteiger partial charge in [-0.1, -0.05) is 0 Å². The summed E-state index contributed by atoms with van der Waals surface area (Å²) in [6.45, 7) is 3.16.